The molecule has 1 aromatic heterocycles. The number of hydrogen-bond acceptors (Lipinski definition) is 4. The molecule has 0 atom stereocenters. The standard InChI is InChI=1S/C24H25N3O2/c28-23(25-20-10-11-20)13-15-27-14-12-22-21(16-27)24(26-29-22)19-8-6-18(7-9-19)17-4-2-1-3-5-17/h1-9,20H,10-16H2,(H,25,28). The summed E-state index contributed by atoms with van der Waals surface area (Å²) in [6, 6.07) is 19.3. The molecule has 1 fully saturated rings. The topological polar surface area (TPSA) is 58.4 Å². The zero-order valence-electron chi connectivity index (χ0n) is 16.4. The van der Waals surface area contributed by atoms with E-state index in [-0.39, 0.29) is 5.91 Å². The van der Waals surface area contributed by atoms with Crippen molar-refractivity contribution in [2.24, 2.45) is 0 Å². The molecule has 0 radical (unpaired) electrons. The van der Waals surface area contributed by atoms with E-state index in [2.05, 4.69) is 63.9 Å². The van der Waals surface area contributed by atoms with Crippen LogP contribution in [0, 0.1) is 0 Å². The van der Waals surface area contributed by atoms with Crippen LogP contribution in [0.1, 0.15) is 30.6 Å². The Balaban J connectivity index is 1.28. The lowest BCUT2D eigenvalue weighted by molar-refractivity contribution is -0.121. The number of hydrogen-bond donors (Lipinski definition) is 1. The quantitative estimate of drug-likeness (QED) is 0.694. The molecule has 5 rings (SSSR count). The zero-order valence-corrected chi connectivity index (χ0v) is 16.4. The summed E-state index contributed by atoms with van der Waals surface area (Å²) in [5.41, 5.74) is 5.55. The number of benzene rings is 2. The number of fused-ring (bicyclic) bond motifs is 1. The van der Waals surface area contributed by atoms with Crippen molar-refractivity contribution in [3.63, 3.8) is 0 Å². The summed E-state index contributed by atoms with van der Waals surface area (Å²) in [5, 5.41) is 7.43. The predicted molar refractivity (Wildman–Crippen MR) is 112 cm³/mol. The number of carbonyl (C=O) groups excluding carboxylic acids is 1. The van der Waals surface area contributed by atoms with Gasteiger partial charge in [0.15, 0.2) is 0 Å². The van der Waals surface area contributed by atoms with Gasteiger partial charge in [-0.1, -0.05) is 59.8 Å². The molecule has 1 N–H and O–H groups in total. The van der Waals surface area contributed by atoms with Gasteiger partial charge in [-0.05, 0) is 24.0 Å². The Bertz CT molecular complexity index is 991. The first kappa shape index (κ1) is 18.1. The number of carbonyl (C=O) groups is 1. The van der Waals surface area contributed by atoms with Crippen LogP contribution in [0.15, 0.2) is 59.1 Å². The zero-order chi connectivity index (χ0) is 19.6. The highest BCUT2D eigenvalue weighted by Gasteiger charge is 2.26. The molecule has 148 valence electrons. The van der Waals surface area contributed by atoms with Crippen molar-refractivity contribution >= 4 is 5.91 Å². The third-order valence-corrected chi connectivity index (χ3v) is 5.77. The average molecular weight is 387 g/mol. The molecule has 1 saturated carbocycles. The highest BCUT2D eigenvalue weighted by atomic mass is 16.5. The molecule has 1 aliphatic carbocycles. The predicted octanol–water partition coefficient (Wildman–Crippen LogP) is 4.04. The Hall–Kier alpha value is -2.92. The average Bonchev–Trinajstić information content (AvgIpc) is 3.48. The summed E-state index contributed by atoms with van der Waals surface area (Å²) >= 11 is 0. The molecule has 5 heteroatoms. The number of amides is 1. The van der Waals surface area contributed by atoms with E-state index in [1.54, 1.807) is 0 Å². The van der Waals surface area contributed by atoms with E-state index >= 15 is 0 Å². The van der Waals surface area contributed by atoms with E-state index < -0.39 is 0 Å². The molecule has 29 heavy (non-hydrogen) atoms. The Morgan fingerprint density at radius 3 is 2.52 bits per heavy atom. The first-order valence-corrected chi connectivity index (χ1v) is 10.4. The molecule has 3 aromatic rings. The first-order valence-electron chi connectivity index (χ1n) is 10.4. The molecule has 0 bridgehead atoms. The van der Waals surface area contributed by atoms with Gasteiger partial charge in [0.2, 0.25) is 5.91 Å². The van der Waals surface area contributed by atoms with E-state index in [0.29, 0.717) is 12.5 Å². The number of nitrogens with one attached hydrogen (secondary N) is 1. The highest BCUT2D eigenvalue weighted by molar-refractivity contribution is 5.76. The van der Waals surface area contributed by atoms with Crippen LogP contribution in [0.2, 0.25) is 0 Å². The SMILES string of the molecule is O=C(CCN1CCc2onc(-c3ccc(-c4ccccc4)cc3)c2C1)NC1CC1. The van der Waals surface area contributed by atoms with Gasteiger partial charge in [-0.2, -0.15) is 0 Å². The van der Waals surface area contributed by atoms with E-state index in [9.17, 15) is 4.79 Å². The monoisotopic (exact) mass is 387 g/mol. The second kappa shape index (κ2) is 7.84. The third kappa shape index (κ3) is 4.10. The minimum atomic E-state index is 0.167. The second-order valence-electron chi connectivity index (χ2n) is 7.99. The first-order chi connectivity index (χ1) is 14.3. The van der Waals surface area contributed by atoms with Crippen LogP contribution < -0.4 is 5.32 Å². The van der Waals surface area contributed by atoms with Gasteiger partial charge < -0.3 is 9.84 Å². The Morgan fingerprint density at radius 1 is 1.03 bits per heavy atom. The summed E-state index contributed by atoms with van der Waals surface area (Å²) in [6.45, 7) is 2.46. The minimum Gasteiger partial charge on any atom is -0.360 e. The van der Waals surface area contributed by atoms with Crippen LogP contribution in [0.25, 0.3) is 22.4 Å². The lowest BCUT2D eigenvalue weighted by Crippen LogP contribution is -2.34. The van der Waals surface area contributed by atoms with Gasteiger partial charge in [-0.3, -0.25) is 9.69 Å². The smallest absolute Gasteiger partial charge is 0.221 e. The van der Waals surface area contributed by atoms with E-state index in [0.717, 1.165) is 61.5 Å². The molecular weight excluding hydrogens is 362 g/mol. The number of aromatic nitrogens is 1. The fourth-order valence-electron chi connectivity index (χ4n) is 3.92. The van der Waals surface area contributed by atoms with Crippen molar-refractivity contribution in [2.75, 3.05) is 13.1 Å². The maximum absolute atomic E-state index is 12.0. The Morgan fingerprint density at radius 2 is 1.76 bits per heavy atom. The van der Waals surface area contributed by atoms with Crippen LogP contribution >= 0.6 is 0 Å². The summed E-state index contributed by atoms with van der Waals surface area (Å²) in [4.78, 5) is 14.3. The molecule has 0 spiro atoms. The Kier molecular flexibility index (Phi) is 4.90. The Labute approximate surface area is 170 Å². The minimum absolute atomic E-state index is 0.167. The van der Waals surface area contributed by atoms with Crippen LogP contribution in [0.4, 0.5) is 0 Å². The second-order valence-corrected chi connectivity index (χ2v) is 7.99. The number of nitrogens with zero attached hydrogens (tertiary/aromatic N) is 2. The number of rotatable bonds is 6. The fourth-order valence-corrected chi connectivity index (χ4v) is 3.92. The summed E-state index contributed by atoms with van der Waals surface area (Å²) in [7, 11) is 0. The van der Waals surface area contributed by atoms with Crippen LogP contribution in [-0.4, -0.2) is 35.1 Å². The normalized spacial score (nSPS) is 16.4. The summed E-state index contributed by atoms with van der Waals surface area (Å²) in [5.74, 6) is 1.14. The molecule has 2 aromatic carbocycles. The van der Waals surface area contributed by atoms with Crippen molar-refractivity contribution in [3.8, 4) is 22.4 Å². The van der Waals surface area contributed by atoms with Crippen molar-refractivity contribution in [2.45, 2.75) is 38.3 Å². The van der Waals surface area contributed by atoms with Crippen LogP contribution in [0.3, 0.4) is 0 Å². The van der Waals surface area contributed by atoms with Gasteiger partial charge in [0.25, 0.3) is 0 Å². The van der Waals surface area contributed by atoms with Gasteiger partial charge in [-0.15, -0.1) is 0 Å². The fraction of sp³-hybridized carbons (Fsp3) is 0.333. The van der Waals surface area contributed by atoms with Crippen molar-refractivity contribution in [3.05, 3.63) is 65.9 Å². The van der Waals surface area contributed by atoms with Gasteiger partial charge in [0, 0.05) is 49.6 Å². The molecule has 0 unspecified atom stereocenters. The van der Waals surface area contributed by atoms with Gasteiger partial charge >= 0.3 is 0 Å². The molecule has 1 aliphatic heterocycles. The van der Waals surface area contributed by atoms with Gasteiger partial charge in [0.05, 0.1) is 0 Å². The largest absolute Gasteiger partial charge is 0.360 e. The van der Waals surface area contributed by atoms with Crippen molar-refractivity contribution < 1.29 is 9.32 Å². The summed E-state index contributed by atoms with van der Waals surface area (Å²) in [6.07, 6.45) is 3.66. The van der Waals surface area contributed by atoms with E-state index in [4.69, 9.17) is 4.52 Å². The lowest BCUT2D eigenvalue weighted by Gasteiger charge is -2.25. The van der Waals surface area contributed by atoms with Gasteiger partial charge in [0.1, 0.15) is 11.5 Å². The molecule has 2 aliphatic rings. The molecule has 1 amide bonds. The molecular formula is C24H25N3O2. The van der Waals surface area contributed by atoms with Crippen LogP contribution in [-0.2, 0) is 17.8 Å². The molecule has 2 heterocycles. The van der Waals surface area contributed by atoms with Crippen molar-refractivity contribution in [1.29, 1.82) is 0 Å². The van der Waals surface area contributed by atoms with Gasteiger partial charge in [-0.25, -0.2) is 0 Å². The third-order valence-electron chi connectivity index (χ3n) is 5.77. The summed E-state index contributed by atoms with van der Waals surface area (Å²) < 4.78 is 5.64. The molecule has 0 saturated heterocycles. The maximum atomic E-state index is 12.0. The van der Waals surface area contributed by atoms with Crippen molar-refractivity contribution in [1.82, 2.24) is 15.4 Å². The van der Waals surface area contributed by atoms with Crippen LogP contribution in [0.5, 0.6) is 0 Å². The maximum Gasteiger partial charge on any atom is 0.221 e. The lowest BCUT2D eigenvalue weighted by atomic mass is 9.99. The highest BCUT2D eigenvalue weighted by Crippen LogP contribution is 2.31. The van der Waals surface area contributed by atoms with E-state index in [1.165, 1.54) is 11.1 Å². The van der Waals surface area contributed by atoms with E-state index in [1.807, 2.05) is 6.07 Å². The molecule has 5 nitrogen and oxygen atoms in total.